The Hall–Kier alpha value is -1.61. The summed E-state index contributed by atoms with van der Waals surface area (Å²) in [4.78, 5) is 11.6. The Bertz CT molecular complexity index is 423. The Kier molecular flexibility index (Phi) is 1.72. The molecule has 3 nitrogen and oxygen atoms in total. The topological polar surface area (TPSA) is 46.5 Å². The van der Waals surface area contributed by atoms with Gasteiger partial charge in [0.25, 0.3) is 0 Å². The van der Waals surface area contributed by atoms with Crippen molar-refractivity contribution >= 4 is 5.78 Å². The van der Waals surface area contributed by atoms with Crippen molar-refractivity contribution in [2.75, 3.05) is 7.11 Å². The molecule has 0 aliphatic heterocycles. The third kappa shape index (κ3) is 0.822. The monoisotopic (exact) mass is 190 g/mol. The molecule has 3 heteroatoms. The van der Waals surface area contributed by atoms with Gasteiger partial charge in [0.1, 0.15) is 5.75 Å². The molecule has 1 N–H and O–H groups in total. The first-order valence-corrected chi connectivity index (χ1v) is 4.23. The summed E-state index contributed by atoms with van der Waals surface area (Å²) in [7, 11) is 1.49. The molecule has 1 aliphatic carbocycles. The lowest BCUT2D eigenvalue weighted by molar-refractivity contribution is 0.0406. The number of ketones is 1. The van der Waals surface area contributed by atoms with Gasteiger partial charge in [-0.3, -0.25) is 4.79 Å². The molecule has 1 atom stereocenters. The van der Waals surface area contributed by atoms with Gasteiger partial charge in [-0.05, 0) is 12.1 Å². The highest BCUT2D eigenvalue weighted by Crippen LogP contribution is 2.44. The first-order valence-electron chi connectivity index (χ1n) is 4.23. The van der Waals surface area contributed by atoms with Crippen molar-refractivity contribution in [2.24, 2.45) is 0 Å². The number of Topliss-reactive ketones (excluding diaryl/α,β-unsaturated/α-hetero) is 1. The van der Waals surface area contributed by atoms with Crippen LogP contribution in [-0.2, 0) is 5.60 Å². The van der Waals surface area contributed by atoms with Crippen molar-refractivity contribution in [1.82, 2.24) is 0 Å². The van der Waals surface area contributed by atoms with Crippen LogP contribution in [0.3, 0.4) is 0 Å². The normalized spacial score (nSPS) is 23.7. The fraction of sp³-hybridized carbons (Fsp3) is 0.182. The highest BCUT2D eigenvalue weighted by atomic mass is 16.5. The van der Waals surface area contributed by atoms with E-state index >= 15 is 0 Å². The van der Waals surface area contributed by atoms with Gasteiger partial charge < -0.3 is 9.84 Å². The molecule has 1 aromatic carbocycles. The van der Waals surface area contributed by atoms with Crippen LogP contribution in [0.25, 0.3) is 0 Å². The number of fused-ring (bicyclic) bond motifs is 1. The molecule has 2 rings (SSSR count). The second-order valence-electron chi connectivity index (χ2n) is 3.18. The van der Waals surface area contributed by atoms with Crippen molar-refractivity contribution in [2.45, 2.75) is 5.60 Å². The zero-order valence-corrected chi connectivity index (χ0v) is 7.78. The van der Waals surface area contributed by atoms with E-state index in [1.165, 1.54) is 13.2 Å². The number of benzene rings is 1. The number of rotatable bonds is 2. The second kappa shape index (κ2) is 2.69. The zero-order chi connectivity index (χ0) is 10.3. The summed E-state index contributed by atoms with van der Waals surface area (Å²) >= 11 is 0. The van der Waals surface area contributed by atoms with Crippen LogP contribution in [-0.4, -0.2) is 18.0 Å². The van der Waals surface area contributed by atoms with Crippen molar-refractivity contribution < 1.29 is 14.6 Å². The van der Waals surface area contributed by atoms with Gasteiger partial charge in [0.2, 0.25) is 5.78 Å². The molecule has 0 aromatic heterocycles. The average molecular weight is 190 g/mol. The van der Waals surface area contributed by atoms with E-state index in [1.54, 1.807) is 18.2 Å². The van der Waals surface area contributed by atoms with E-state index in [4.69, 9.17) is 4.74 Å². The molecule has 1 aliphatic rings. The van der Waals surface area contributed by atoms with Gasteiger partial charge in [0, 0.05) is 5.56 Å². The van der Waals surface area contributed by atoms with Crippen molar-refractivity contribution in [1.29, 1.82) is 0 Å². The second-order valence-corrected chi connectivity index (χ2v) is 3.18. The number of methoxy groups -OCH3 is 1. The van der Waals surface area contributed by atoms with E-state index in [0.717, 1.165) is 0 Å². The largest absolute Gasteiger partial charge is 0.496 e. The smallest absolute Gasteiger partial charge is 0.207 e. The summed E-state index contributed by atoms with van der Waals surface area (Å²) in [5.74, 6) is 0.152. The summed E-state index contributed by atoms with van der Waals surface area (Å²) in [6.07, 6.45) is 1.25. The molecule has 0 spiro atoms. The van der Waals surface area contributed by atoms with E-state index in [0.29, 0.717) is 16.9 Å². The molecule has 1 unspecified atom stereocenters. The SMILES string of the molecule is C=CC1(O)C(=O)c2c(OC)cccc21. The molecule has 0 radical (unpaired) electrons. The van der Waals surface area contributed by atoms with E-state index in [9.17, 15) is 9.90 Å². The minimum Gasteiger partial charge on any atom is -0.496 e. The van der Waals surface area contributed by atoms with Crippen molar-refractivity contribution in [3.8, 4) is 5.75 Å². The van der Waals surface area contributed by atoms with Crippen LogP contribution in [0.4, 0.5) is 0 Å². The summed E-state index contributed by atoms with van der Waals surface area (Å²) in [5, 5.41) is 9.84. The molecular formula is C11H10O3. The minimum atomic E-state index is -1.51. The standard InChI is InChI=1S/C11H10O3/c1-3-11(13)7-5-4-6-8(14-2)9(7)10(11)12/h3-6,13H,1H2,2H3. The maximum atomic E-state index is 11.6. The maximum Gasteiger partial charge on any atom is 0.207 e. The highest BCUT2D eigenvalue weighted by Gasteiger charge is 2.49. The number of carbonyl (C=O) groups excluding carboxylic acids is 1. The van der Waals surface area contributed by atoms with Crippen LogP contribution in [0.5, 0.6) is 5.75 Å². The first-order chi connectivity index (χ1) is 6.65. The predicted octanol–water partition coefficient (Wildman–Crippen LogP) is 1.27. The van der Waals surface area contributed by atoms with E-state index < -0.39 is 5.60 Å². The molecular weight excluding hydrogens is 180 g/mol. The average Bonchev–Trinajstić information content (AvgIpc) is 2.26. The van der Waals surface area contributed by atoms with Crippen LogP contribution < -0.4 is 4.74 Å². The highest BCUT2D eigenvalue weighted by molar-refractivity contribution is 6.15. The molecule has 0 heterocycles. The number of carbonyl (C=O) groups is 1. The molecule has 0 bridgehead atoms. The van der Waals surface area contributed by atoms with E-state index in [-0.39, 0.29) is 5.78 Å². The molecule has 0 amide bonds. The Morgan fingerprint density at radius 3 is 2.86 bits per heavy atom. The summed E-state index contributed by atoms with van der Waals surface area (Å²) in [6, 6.07) is 5.12. The fourth-order valence-corrected chi connectivity index (χ4v) is 1.71. The van der Waals surface area contributed by atoms with Gasteiger partial charge in [-0.25, -0.2) is 0 Å². The van der Waals surface area contributed by atoms with Gasteiger partial charge in [0.05, 0.1) is 12.7 Å². The maximum absolute atomic E-state index is 11.6. The fourth-order valence-electron chi connectivity index (χ4n) is 1.71. The van der Waals surface area contributed by atoms with E-state index in [2.05, 4.69) is 6.58 Å². The Morgan fingerprint density at radius 2 is 2.29 bits per heavy atom. The first kappa shape index (κ1) is 8.97. The number of ether oxygens (including phenoxy) is 1. The lowest BCUT2D eigenvalue weighted by Gasteiger charge is -2.35. The number of hydrogen-bond acceptors (Lipinski definition) is 3. The molecule has 1 aromatic rings. The van der Waals surface area contributed by atoms with Crippen LogP contribution in [0, 0.1) is 0 Å². The zero-order valence-electron chi connectivity index (χ0n) is 7.78. The van der Waals surface area contributed by atoms with E-state index in [1.807, 2.05) is 0 Å². The third-order valence-corrected chi connectivity index (χ3v) is 2.53. The quantitative estimate of drug-likeness (QED) is 0.714. The lowest BCUT2D eigenvalue weighted by atomic mass is 9.72. The molecule has 72 valence electrons. The van der Waals surface area contributed by atoms with Gasteiger partial charge in [0.15, 0.2) is 5.60 Å². The number of aliphatic hydroxyl groups is 1. The van der Waals surface area contributed by atoms with Crippen LogP contribution >= 0.6 is 0 Å². The van der Waals surface area contributed by atoms with Gasteiger partial charge >= 0.3 is 0 Å². The van der Waals surface area contributed by atoms with Crippen LogP contribution in [0.1, 0.15) is 15.9 Å². The molecule has 0 fully saturated rings. The lowest BCUT2D eigenvalue weighted by Crippen LogP contribution is -2.44. The van der Waals surface area contributed by atoms with Gasteiger partial charge in [-0.15, -0.1) is 0 Å². The van der Waals surface area contributed by atoms with Crippen molar-refractivity contribution in [3.63, 3.8) is 0 Å². The Morgan fingerprint density at radius 1 is 1.57 bits per heavy atom. The predicted molar refractivity (Wildman–Crippen MR) is 51.4 cm³/mol. The van der Waals surface area contributed by atoms with Crippen LogP contribution in [0.2, 0.25) is 0 Å². The summed E-state index contributed by atoms with van der Waals surface area (Å²) < 4.78 is 5.02. The summed E-state index contributed by atoms with van der Waals surface area (Å²) in [6.45, 7) is 3.45. The number of hydrogen-bond donors (Lipinski definition) is 1. The third-order valence-electron chi connectivity index (χ3n) is 2.53. The molecule has 0 saturated carbocycles. The van der Waals surface area contributed by atoms with Crippen molar-refractivity contribution in [3.05, 3.63) is 42.0 Å². The Balaban J connectivity index is 2.64. The minimum absolute atomic E-state index is 0.347. The summed E-state index contributed by atoms with van der Waals surface area (Å²) in [5.41, 5.74) is -0.488. The Labute approximate surface area is 81.6 Å². The van der Waals surface area contributed by atoms with Gasteiger partial charge in [-0.2, -0.15) is 0 Å². The molecule has 14 heavy (non-hydrogen) atoms. The van der Waals surface area contributed by atoms with Crippen LogP contribution in [0.15, 0.2) is 30.9 Å². The molecule has 0 saturated heterocycles. The van der Waals surface area contributed by atoms with Gasteiger partial charge in [-0.1, -0.05) is 18.7 Å².